The highest BCUT2D eigenvalue weighted by Gasteiger charge is 2.29. The van der Waals surface area contributed by atoms with Gasteiger partial charge >= 0.3 is 5.97 Å². The highest BCUT2D eigenvalue weighted by molar-refractivity contribution is 6.01. The van der Waals surface area contributed by atoms with Crippen LogP contribution < -0.4 is 4.90 Å². The van der Waals surface area contributed by atoms with Crippen LogP contribution in [0.15, 0.2) is 12.1 Å². The summed E-state index contributed by atoms with van der Waals surface area (Å²) in [6.07, 6.45) is 0. The molecule has 0 aliphatic carbocycles. The number of carbonyl (C=O) groups is 2. The summed E-state index contributed by atoms with van der Waals surface area (Å²) in [6, 6.07) is 2.09. The van der Waals surface area contributed by atoms with E-state index in [1.54, 1.807) is 19.9 Å². The van der Waals surface area contributed by atoms with E-state index in [9.17, 15) is 19.8 Å². The molecule has 0 aliphatic heterocycles. The lowest BCUT2D eigenvalue weighted by atomic mass is 10.0. The molecule has 0 heterocycles. The minimum Gasteiger partial charge on any atom is -0.508 e. The zero-order valence-electron chi connectivity index (χ0n) is 12.0. The normalized spacial score (nSPS) is 12.0. The summed E-state index contributed by atoms with van der Waals surface area (Å²) >= 11 is 0. The van der Waals surface area contributed by atoms with Crippen LogP contribution in [0.25, 0.3) is 0 Å². The Morgan fingerprint density at radius 1 is 1.35 bits per heavy atom. The van der Waals surface area contributed by atoms with Gasteiger partial charge in [0.15, 0.2) is 0 Å². The van der Waals surface area contributed by atoms with Crippen LogP contribution in [-0.4, -0.2) is 41.8 Å². The predicted molar refractivity (Wildman–Crippen MR) is 74.0 cm³/mol. The highest BCUT2D eigenvalue weighted by Crippen LogP contribution is 2.32. The summed E-state index contributed by atoms with van der Waals surface area (Å²) in [6.45, 7) is 4.58. The molecule has 1 aromatic carbocycles. The zero-order chi connectivity index (χ0) is 15.4. The molecule has 1 aromatic rings. The average Bonchev–Trinajstić information content (AvgIpc) is 2.38. The molecule has 1 atom stereocenters. The first-order valence-electron chi connectivity index (χ1n) is 6.14. The van der Waals surface area contributed by atoms with Crippen molar-refractivity contribution in [1.82, 2.24) is 0 Å². The summed E-state index contributed by atoms with van der Waals surface area (Å²) in [5.74, 6) is -1.59. The number of hydrogen-bond acceptors (Lipinski definition) is 4. The molecule has 0 spiro atoms. The molecule has 0 unspecified atom stereocenters. The van der Waals surface area contributed by atoms with Crippen molar-refractivity contribution in [2.24, 2.45) is 0 Å². The Morgan fingerprint density at radius 2 is 1.95 bits per heavy atom. The summed E-state index contributed by atoms with van der Waals surface area (Å²) in [5, 5.41) is 19.0. The van der Waals surface area contributed by atoms with Crippen molar-refractivity contribution in [2.45, 2.75) is 26.8 Å². The number of carboxylic acids is 1. The number of phenolic OH excluding ortho intramolecular Hbond substituents is 1. The van der Waals surface area contributed by atoms with Crippen LogP contribution in [0.4, 0.5) is 5.69 Å². The van der Waals surface area contributed by atoms with Gasteiger partial charge in [0, 0.05) is 12.7 Å². The van der Waals surface area contributed by atoms with Gasteiger partial charge in [0.1, 0.15) is 18.4 Å². The number of amides is 1. The van der Waals surface area contributed by atoms with Crippen molar-refractivity contribution in [3.05, 3.63) is 23.3 Å². The van der Waals surface area contributed by atoms with E-state index in [2.05, 4.69) is 0 Å². The lowest BCUT2D eigenvalue weighted by Crippen LogP contribution is -2.45. The Morgan fingerprint density at radius 3 is 2.45 bits per heavy atom. The molecule has 20 heavy (non-hydrogen) atoms. The van der Waals surface area contributed by atoms with E-state index in [1.165, 1.54) is 20.1 Å². The van der Waals surface area contributed by atoms with E-state index in [0.717, 1.165) is 4.90 Å². The third kappa shape index (κ3) is 3.08. The maximum Gasteiger partial charge on any atom is 0.326 e. The van der Waals surface area contributed by atoms with Crippen LogP contribution in [0.5, 0.6) is 5.75 Å². The zero-order valence-corrected chi connectivity index (χ0v) is 12.0. The van der Waals surface area contributed by atoms with Gasteiger partial charge in [-0.05, 0) is 32.4 Å². The Labute approximate surface area is 117 Å². The molecule has 110 valence electrons. The van der Waals surface area contributed by atoms with Crippen LogP contribution in [0.1, 0.15) is 18.1 Å². The van der Waals surface area contributed by atoms with E-state index < -0.39 is 17.9 Å². The van der Waals surface area contributed by atoms with Gasteiger partial charge in [-0.1, -0.05) is 6.07 Å². The summed E-state index contributed by atoms with van der Waals surface area (Å²) in [4.78, 5) is 24.5. The number of anilines is 1. The molecule has 0 saturated heterocycles. The van der Waals surface area contributed by atoms with Gasteiger partial charge in [0.25, 0.3) is 5.91 Å². The molecule has 1 rings (SSSR count). The number of aryl methyl sites for hydroxylation is 1. The summed E-state index contributed by atoms with van der Waals surface area (Å²) < 4.78 is 4.80. The van der Waals surface area contributed by atoms with Crippen molar-refractivity contribution in [3.63, 3.8) is 0 Å². The van der Waals surface area contributed by atoms with Crippen LogP contribution >= 0.6 is 0 Å². The number of benzene rings is 1. The number of methoxy groups -OCH3 is 1. The molecule has 6 nitrogen and oxygen atoms in total. The second-order valence-corrected chi connectivity index (χ2v) is 4.59. The number of nitrogens with zero attached hydrogens (tertiary/aromatic N) is 1. The molecule has 0 radical (unpaired) electrons. The van der Waals surface area contributed by atoms with Gasteiger partial charge in [-0.25, -0.2) is 4.79 Å². The van der Waals surface area contributed by atoms with Crippen molar-refractivity contribution in [2.75, 3.05) is 18.6 Å². The minimum absolute atomic E-state index is 0.0124. The van der Waals surface area contributed by atoms with Crippen LogP contribution in [-0.2, 0) is 14.3 Å². The number of ether oxygens (including phenoxy) is 1. The quantitative estimate of drug-likeness (QED) is 0.853. The molecular formula is C14H19NO5. The van der Waals surface area contributed by atoms with Crippen molar-refractivity contribution in [3.8, 4) is 5.75 Å². The van der Waals surface area contributed by atoms with E-state index in [1.807, 2.05) is 0 Å². The second kappa shape index (κ2) is 6.38. The smallest absolute Gasteiger partial charge is 0.326 e. The standard InChI is InChI=1S/C14H19NO5/c1-8-5-6-11(16)9(2)13(8)15(10(3)14(18)19)12(17)7-20-4/h5-6,10,16H,7H2,1-4H3,(H,18,19)/t10-/m0/s1. The van der Waals surface area contributed by atoms with Crippen molar-refractivity contribution < 1.29 is 24.5 Å². The van der Waals surface area contributed by atoms with E-state index >= 15 is 0 Å². The monoisotopic (exact) mass is 281 g/mol. The largest absolute Gasteiger partial charge is 0.508 e. The number of carbonyl (C=O) groups excluding carboxylic acids is 1. The van der Waals surface area contributed by atoms with Gasteiger partial charge in [0.05, 0.1) is 5.69 Å². The predicted octanol–water partition coefficient (Wildman–Crippen LogP) is 1.46. The Kier molecular flexibility index (Phi) is 5.10. The molecule has 1 amide bonds. The number of aromatic hydroxyl groups is 1. The summed E-state index contributed by atoms with van der Waals surface area (Å²) in [7, 11) is 1.36. The number of carboxylic acid groups (broad SMARTS) is 1. The van der Waals surface area contributed by atoms with E-state index in [4.69, 9.17) is 4.74 Å². The Balaban J connectivity index is 3.41. The number of hydrogen-bond donors (Lipinski definition) is 2. The fraction of sp³-hybridized carbons (Fsp3) is 0.429. The Hall–Kier alpha value is -2.08. The van der Waals surface area contributed by atoms with Crippen molar-refractivity contribution >= 4 is 17.6 Å². The number of phenols is 1. The molecule has 0 saturated carbocycles. The first-order valence-corrected chi connectivity index (χ1v) is 6.14. The maximum atomic E-state index is 12.2. The maximum absolute atomic E-state index is 12.2. The third-order valence-corrected chi connectivity index (χ3v) is 3.13. The average molecular weight is 281 g/mol. The van der Waals surface area contributed by atoms with E-state index in [0.29, 0.717) is 16.8 Å². The minimum atomic E-state index is -1.13. The summed E-state index contributed by atoms with van der Waals surface area (Å²) in [5.41, 5.74) is 1.57. The third-order valence-electron chi connectivity index (χ3n) is 3.13. The van der Waals surface area contributed by atoms with Crippen LogP contribution in [0.3, 0.4) is 0 Å². The van der Waals surface area contributed by atoms with E-state index in [-0.39, 0.29) is 12.4 Å². The lowest BCUT2D eigenvalue weighted by Gasteiger charge is -2.29. The van der Waals surface area contributed by atoms with Gasteiger partial charge in [-0.15, -0.1) is 0 Å². The van der Waals surface area contributed by atoms with Gasteiger partial charge in [-0.2, -0.15) is 0 Å². The van der Waals surface area contributed by atoms with Crippen molar-refractivity contribution in [1.29, 1.82) is 0 Å². The van der Waals surface area contributed by atoms with Crippen LogP contribution in [0, 0.1) is 13.8 Å². The number of rotatable bonds is 5. The first-order chi connectivity index (χ1) is 9.31. The fourth-order valence-corrected chi connectivity index (χ4v) is 2.03. The molecule has 2 N–H and O–H groups in total. The molecular weight excluding hydrogens is 262 g/mol. The highest BCUT2D eigenvalue weighted by atomic mass is 16.5. The molecule has 0 fully saturated rings. The SMILES string of the molecule is COCC(=O)N(c1c(C)ccc(O)c1C)[C@@H](C)C(=O)O. The molecule has 0 aliphatic rings. The Bertz CT molecular complexity index is 527. The topological polar surface area (TPSA) is 87.1 Å². The van der Waals surface area contributed by atoms with Crippen LogP contribution in [0.2, 0.25) is 0 Å². The lowest BCUT2D eigenvalue weighted by molar-refractivity contribution is -0.140. The molecule has 6 heteroatoms. The molecule has 0 bridgehead atoms. The first kappa shape index (κ1) is 16.0. The number of aliphatic carboxylic acids is 1. The molecule has 0 aromatic heterocycles. The van der Waals surface area contributed by atoms with Gasteiger partial charge in [0.2, 0.25) is 0 Å². The second-order valence-electron chi connectivity index (χ2n) is 4.59. The van der Waals surface area contributed by atoms with Gasteiger partial charge < -0.3 is 14.9 Å². The van der Waals surface area contributed by atoms with Gasteiger partial charge in [-0.3, -0.25) is 9.69 Å². The fourth-order valence-electron chi connectivity index (χ4n) is 2.03.